The number of hydrogen-bond acceptors (Lipinski definition) is 2. The Morgan fingerprint density at radius 2 is 1.38 bits per heavy atom. The Bertz CT molecular complexity index is 1180. The fraction of sp³-hybridized carbons (Fsp3) is 0. The summed E-state index contributed by atoms with van der Waals surface area (Å²) in [6.45, 7) is 0. The SMILES string of the molecule is O=C(c1cccc2ccccc12)N(C=Nc1ccc(Br)cc1)c1ccc(Br)cc1. The maximum absolute atomic E-state index is 13.5. The third kappa shape index (κ3) is 4.47. The van der Waals surface area contributed by atoms with Gasteiger partial charge in [0.25, 0.3) is 5.91 Å². The predicted octanol–water partition coefficient (Wildman–Crippen LogP) is 7.37. The Balaban J connectivity index is 1.77. The minimum atomic E-state index is -0.134. The van der Waals surface area contributed by atoms with Gasteiger partial charge in [0.2, 0.25) is 0 Å². The molecule has 0 aliphatic heterocycles. The van der Waals surface area contributed by atoms with Crippen LogP contribution in [0.3, 0.4) is 0 Å². The van der Waals surface area contributed by atoms with E-state index in [4.69, 9.17) is 0 Å². The number of carbonyl (C=O) groups is 1. The van der Waals surface area contributed by atoms with Gasteiger partial charge in [-0.05, 0) is 65.4 Å². The van der Waals surface area contributed by atoms with Crippen molar-refractivity contribution in [2.24, 2.45) is 4.99 Å². The lowest BCUT2D eigenvalue weighted by molar-refractivity contribution is 0.100. The second-order valence-corrected chi connectivity index (χ2v) is 8.23. The molecule has 5 heteroatoms. The lowest BCUT2D eigenvalue weighted by atomic mass is 10.0. The van der Waals surface area contributed by atoms with Crippen LogP contribution in [0.5, 0.6) is 0 Å². The molecule has 4 aromatic rings. The lowest BCUT2D eigenvalue weighted by Gasteiger charge is -2.19. The monoisotopic (exact) mass is 506 g/mol. The van der Waals surface area contributed by atoms with Crippen LogP contribution >= 0.6 is 31.9 Å². The number of anilines is 1. The van der Waals surface area contributed by atoms with Gasteiger partial charge in [-0.25, -0.2) is 4.99 Å². The molecule has 0 heterocycles. The van der Waals surface area contributed by atoms with Gasteiger partial charge in [-0.1, -0.05) is 68.3 Å². The summed E-state index contributed by atoms with van der Waals surface area (Å²) < 4.78 is 1.93. The van der Waals surface area contributed by atoms with Gasteiger partial charge in [-0.3, -0.25) is 9.69 Å². The number of carbonyl (C=O) groups excluding carboxylic acids is 1. The largest absolute Gasteiger partial charge is 0.268 e. The van der Waals surface area contributed by atoms with Crippen LogP contribution < -0.4 is 4.90 Å². The molecule has 3 nitrogen and oxygen atoms in total. The number of nitrogens with zero attached hydrogens (tertiary/aromatic N) is 2. The molecule has 0 fully saturated rings. The lowest BCUT2D eigenvalue weighted by Crippen LogP contribution is -2.29. The molecule has 1 amide bonds. The molecule has 0 saturated carbocycles. The van der Waals surface area contributed by atoms with E-state index in [1.165, 1.54) is 0 Å². The van der Waals surface area contributed by atoms with E-state index in [1.54, 1.807) is 11.2 Å². The maximum Gasteiger partial charge on any atom is 0.264 e. The van der Waals surface area contributed by atoms with Crippen LogP contribution in [-0.4, -0.2) is 12.2 Å². The third-order valence-electron chi connectivity index (χ3n) is 4.49. The smallest absolute Gasteiger partial charge is 0.264 e. The number of hydrogen-bond donors (Lipinski definition) is 0. The number of amides is 1. The average molecular weight is 508 g/mol. The van der Waals surface area contributed by atoms with Crippen LogP contribution in [0.25, 0.3) is 10.8 Å². The van der Waals surface area contributed by atoms with Gasteiger partial charge in [-0.15, -0.1) is 0 Å². The van der Waals surface area contributed by atoms with Gasteiger partial charge in [0.15, 0.2) is 0 Å². The van der Waals surface area contributed by atoms with Gasteiger partial charge < -0.3 is 0 Å². The molecule has 0 aliphatic rings. The molecule has 0 N–H and O–H groups in total. The van der Waals surface area contributed by atoms with Crippen LogP contribution in [0, 0.1) is 0 Å². The van der Waals surface area contributed by atoms with Crippen LogP contribution in [-0.2, 0) is 0 Å². The van der Waals surface area contributed by atoms with Crippen molar-refractivity contribution in [1.82, 2.24) is 0 Å². The average Bonchev–Trinajstić information content (AvgIpc) is 2.76. The molecule has 29 heavy (non-hydrogen) atoms. The molecule has 0 radical (unpaired) electrons. The van der Waals surface area contributed by atoms with E-state index in [9.17, 15) is 4.79 Å². The summed E-state index contributed by atoms with van der Waals surface area (Å²) in [7, 11) is 0. The van der Waals surface area contributed by atoms with E-state index in [2.05, 4.69) is 36.9 Å². The van der Waals surface area contributed by atoms with E-state index in [0.717, 1.165) is 31.1 Å². The first-order chi connectivity index (χ1) is 14.1. The Labute approximate surface area is 186 Å². The summed E-state index contributed by atoms with van der Waals surface area (Å²) in [6, 6.07) is 28.9. The Kier molecular flexibility index (Phi) is 5.88. The van der Waals surface area contributed by atoms with Gasteiger partial charge >= 0.3 is 0 Å². The van der Waals surface area contributed by atoms with Gasteiger partial charge in [0, 0.05) is 14.5 Å². The van der Waals surface area contributed by atoms with Gasteiger partial charge in [0.05, 0.1) is 11.4 Å². The van der Waals surface area contributed by atoms with E-state index in [1.807, 2.05) is 91.0 Å². The van der Waals surface area contributed by atoms with E-state index < -0.39 is 0 Å². The van der Waals surface area contributed by atoms with E-state index in [-0.39, 0.29) is 5.91 Å². The second-order valence-electron chi connectivity index (χ2n) is 6.40. The topological polar surface area (TPSA) is 32.7 Å². The molecule has 0 atom stereocenters. The molecular formula is C24H16Br2N2O. The predicted molar refractivity (Wildman–Crippen MR) is 127 cm³/mol. The molecule has 0 aromatic heterocycles. The molecule has 4 aromatic carbocycles. The second kappa shape index (κ2) is 8.72. The number of aliphatic imine (C=N–C) groups is 1. The first-order valence-electron chi connectivity index (χ1n) is 8.98. The minimum Gasteiger partial charge on any atom is -0.268 e. The molecule has 0 spiro atoms. The van der Waals surface area contributed by atoms with E-state index >= 15 is 0 Å². The van der Waals surface area contributed by atoms with Crippen molar-refractivity contribution in [2.75, 3.05) is 4.90 Å². The molecule has 0 aliphatic carbocycles. The summed E-state index contributed by atoms with van der Waals surface area (Å²) in [5, 5.41) is 1.94. The van der Waals surface area contributed by atoms with Crippen LogP contribution in [0.15, 0.2) is 105 Å². The zero-order chi connectivity index (χ0) is 20.2. The van der Waals surface area contributed by atoms with E-state index in [0.29, 0.717) is 5.56 Å². The van der Waals surface area contributed by atoms with Crippen molar-refractivity contribution in [1.29, 1.82) is 0 Å². The van der Waals surface area contributed by atoms with Gasteiger partial charge in [0.1, 0.15) is 6.34 Å². The molecule has 142 valence electrons. The zero-order valence-electron chi connectivity index (χ0n) is 15.3. The van der Waals surface area contributed by atoms with Gasteiger partial charge in [-0.2, -0.15) is 0 Å². The van der Waals surface area contributed by atoms with Crippen molar-refractivity contribution in [3.05, 3.63) is 106 Å². The van der Waals surface area contributed by atoms with Crippen LogP contribution in [0.1, 0.15) is 10.4 Å². The number of halogens is 2. The summed E-state index contributed by atoms with van der Waals surface area (Å²) in [5.74, 6) is -0.134. The van der Waals surface area contributed by atoms with Crippen molar-refractivity contribution >= 4 is 66.3 Å². The number of benzene rings is 4. The van der Waals surface area contributed by atoms with Crippen molar-refractivity contribution in [2.45, 2.75) is 0 Å². The third-order valence-corrected chi connectivity index (χ3v) is 5.55. The Morgan fingerprint density at radius 1 is 0.759 bits per heavy atom. The van der Waals surface area contributed by atoms with Crippen molar-refractivity contribution < 1.29 is 4.79 Å². The standard InChI is InChI=1S/C24H16Br2N2O/c25-18-8-12-20(13-9-18)27-16-28(21-14-10-19(26)11-15-21)24(29)23-7-3-5-17-4-1-2-6-22(17)23/h1-16H. The minimum absolute atomic E-state index is 0.134. The quantitative estimate of drug-likeness (QED) is 0.209. The Hall–Kier alpha value is -2.76. The van der Waals surface area contributed by atoms with Crippen LogP contribution in [0.2, 0.25) is 0 Å². The maximum atomic E-state index is 13.5. The first-order valence-corrected chi connectivity index (χ1v) is 10.6. The summed E-state index contributed by atoms with van der Waals surface area (Å²) in [6.07, 6.45) is 1.58. The fourth-order valence-electron chi connectivity index (χ4n) is 3.03. The normalized spacial score (nSPS) is 11.1. The highest BCUT2D eigenvalue weighted by molar-refractivity contribution is 9.10. The van der Waals surface area contributed by atoms with Crippen molar-refractivity contribution in [3.63, 3.8) is 0 Å². The highest BCUT2D eigenvalue weighted by atomic mass is 79.9. The fourth-order valence-corrected chi connectivity index (χ4v) is 3.56. The summed E-state index contributed by atoms with van der Waals surface area (Å²) in [5.41, 5.74) is 2.14. The Morgan fingerprint density at radius 3 is 2.10 bits per heavy atom. The molecule has 0 bridgehead atoms. The summed E-state index contributed by atoms with van der Waals surface area (Å²) in [4.78, 5) is 19.6. The zero-order valence-corrected chi connectivity index (χ0v) is 18.5. The van der Waals surface area contributed by atoms with Crippen LogP contribution in [0.4, 0.5) is 11.4 Å². The number of rotatable bonds is 4. The molecular weight excluding hydrogens is 492 g/mol. The number of fused-ring (bicyclic) bond motifs is 1. The molecule has 0 unspecified atom stereocenters. The summed E-state index contributed by atoms with van der Waals surface area (Å²) >= 11 is 6.87. The highest BCUT2D eigenvalue weighted by Crippen LogP contribution is 2.25. The first kappa shape index (κ1) is 19.6. The molecule has 4 rings (SSSR count). The highest BCUT2D eigenvalue weighted by Gasteiger charge is 2.18. The van der Waals surface area contributed by atoms with Crippen molar-refractivity contribution in [3.8, 4) is 0 Å². The molecule has 0 saturated heterocycles.